The third kappa shape index (κ3) is 3.67. The highest BCUT2D eigenvalue weighted by molar-refractivity contribution is 9.10. The van der Waals surface area contributed by atoms with Crippen molar-refractivity contribution in [2.75, 3.05) is 5.32 Å². The van der Waals surface area contributed by atoms with Crippen LogP contribution in [0.3, 0.4) is 0 Å². The summed E-state index contributed by atoms with van der Waals surface area (Å²) >= 11 is 3.36. The quantitative estimate of drug-likeness (QED) is 0.768. The fourth-order valence-electron chi connectivity index (χ4n) is 3.20. The van der Waals surface area contributed by atoms with Crippen LogP contribution in [0.4, 0.5) is 5.69 Å². The van der Waals surface area contributed by atoms with Gasteiger partial charge in [-0.2, -0.15) is 0 Å². The fourth-order valence-corrected chi connectivity index (χ4v) is 3.47. The van der Waals surface area contributed by atoms with Crippen LogP contribution in [0.15, 0.2) is 28.7 Å². The summed E-state index contributed by atoms with van der Waals surface area (Å²) < 4.78 is 0.960. The Hall–Kier alpha value is -1.40. The zero-order valence-corrected chi connectivity index (χ0v) is 13.9. The molecule has 0 spiro atoms. The summed E-state index contributed by atoms with van der Waals surface area (Å²) in [6.07, 6.45) is 4.60. The molecule has 0 aromatic heterocycles. The van der Waals surface area contributed by atoms with Crippen molar-refractivity contribution in [3.05, 3.63) is 28.7 Å². The van der Waals surface area contributed by atoms with Crippen molar-refractivity contribution in [2.45, 2.75) is 50.2 Å². The van der Waals surface area contributed by atoms with Gasteiger partial charge in [0.15, 0.2) is 0 Å². The van der Waals surface area contributed by atoms with Crippen LogP contribution < -0.4 is 16.0 Å². The average Bonchev–Trinajstić information content (AvgIpc) is 2.50. The number of hydrogen-bond donors (Lipinski definition) is 3. The second kappa shape index (κ2) is 6.79. The van der Waals surface area contributed by atoms with Gasteiger partial charge in [-0.3, -0.25) is 9.59 Å². The van der Waals surface area contributed by atoms with Gasteiger partial charge in [-0.15, -0.1) is 0 Å². The van der Waals surface area contributed by atoms with Crippen molar-refractivity contribution in [1.29, 1.82) is 0 Å². The number of nitrogens with one attached hydrogen (secondary N) is 3. The molecule has 22 heavy (non-hydrogen) atoms. The van der Waals surface area contributed by atoms with Crippen molar-refractivity contribution in [1.82, 2.24) is 10.6 Å². The molecule has 2 fully saturated rings. The maximum Gasteiger partial charge on any atom is 0.237 e. The first-order valence-corrected chi connectivity index (χ1v) is 8.53. The van der Waals surface area contributed by atoms with E-state index in [-0.39, 0.29) is 24.3 Å². The molecule has 1 aliphatic heterocycles. The van der Waals surface area contributed by atoms with Gasteiger partial charge in [-0.05, 0) is 37.1 Å². The van der Waals surface area contributed by atoms with Crippen molar-refractivity contribution in [3.63, 3.8) is 0 Å². The lowest BCUT2D eigenvalue weighted by molar-refractivity contribution is -0.129. The predicted molar refractivity (Wildman–Crippen MR) is 88.5 cm³/mol. The van der Waals surface area contributed by atoms with E-state index in [1.165, 1.54) is 6.42 Å². The Bertz CT molecular complexity index is 561. The van der Waals surface area contributed by atoms with E-state index >= 15 is 0 Å². The molecule has 2 amide bonds. The Kier molecular flexibility index (Phi) is 4.78. The molecule has 3 N–H and O–H groups in total. The minimum atomic E-state index is -0.435. The number of piperazine rings is 1. The lowest BCUT2D eigenvalue weighted by Crippen LogP contribution is -2.65. The Labute approximate surface area is 138 Å². The van der Waals surface area contributed by atoms with Crippen molar-refractivity contribution in [3.8, 4) is 0 Å². The molecule has 0 bridgehead atoms. The van der Waals surface area contributed by atoms with E-state index in [2.05, 4.69) is 31.9 Å². The van der Waals surface area contributed by atoms with Crippen LogP contribution in [0.1, 0.15) is 32.1 Å². The van der Waals surface area contributed by atoms with Crippen molar-refractivity contribution in [2.24, 2.45) is 0 Å². The molecule has 6 heteroatoms. The molecule has 0 unspecified atom stereocenters. The van der Waals surface area contributed by atoms with Gasteiger partial charge in [0.25, 0.3) is 0 Å². The van der Waals surface area contributed by atoms with E-state index in [0.29, 0.717) is 6.04 Å². The molecule has 118 valence electrons. The number of hydrogen-bond acceptors (Lipinski definition) is 3. The molecule has 2 aliphatic rings. The van der Waals surface area contributed by atoms with Gasteiger partial charge in [-0.25, -0.2) is 0 Å². The van der Waals surface area contributed by atoms with Crippen molar-refractivity contribution >= 4 is 33.4 Å². The number of carbonyl (C=O) groups excluding carboxylic acids is 2. The Morgan fingerprint density at radius 1 is 1.18 bits per heavy atom. The maximum absolute atomic E-state index is 12.1. The summed E-state index contributed by atoms with van der Waals surface area (Å²) in [7, 11) is 0. The van der Waals surface area contributed by atoms with Gasteiger partial charge in [0.1, 0.15) is 0 Å². The van der Waals surface area contributed by atoms with Crippen LogP contribution >= 0.6 is 15.9 Å². The molecule has 1 saturated heterocycles. The van der Waals surface area contributed by atoms with Gasteiger partial charge in [-0.1, -0.05) is 28.8 Å². The van der Waals surface area contributed by atoms with Crippen LogP contribution in [0, 0.1) is 0 Å². The van der Waals surface area contributed by atoms with E-state index in [0.717, 1.165) is 29.4 Å². The molecule has 0 radical (unpaired) electrons. The van der Waals surface area contributed by atoms with Crippen LogP contribution in [0.5, 0.6) is 0 Å². The highest BCUT2D eigenvalue weighted by atomic mass is 79.9. The highest BCUT2D eigenvalue weighted by Crippen LogP contribution is 2.22. The third-order valence-corrected chi connectivity index (χ3v) is 4.87. The smallest absolute Gasteiger partial charge is 0.237 e. The number of rotatable bonds is 3. The standard InChI is InChI=1S/C16H20BrN3O2/c17-10-5-7-11(8-6-10)18-15(21)9-14-16(22)20-13-4-2-1-3-12(13)19-14/h5-8,12-14,19H,1-4,9H2,(H,18,21)(H,20,22)/t12-,13+,14+/m0/s1. The molecule has 5 nitrogen and oxygen atoms in total. The Morgan fingerprint density at radius 2 is 1.86 bits per heavy atom. The number of carbonyl (C=O) groups is 2. The zero-order valence-electron chi connectivity index (χ0n) is 12.3. The monoisotopic (exact) mass is 365 g/mol. The first-order valence-electron chi connectivity index (χ1n) is 7.73. The molecule has 1 aromatic rings. The molecular weight excluding hydrogens is 346 g/mol. The summed E-state index contributed by atoms with van der Waals surface area (Å²) in [5, 5.41) is 9.24. The second-order valence-electron chi connectivity index (χ2n) is 5.98. The van der Waals surface area contributed by atoms with Crippen LogP contribution in [-0.2, 0) is 9.59 Å². The van der Waals surface area contributed by atoms with Gasteiger partial charge in [0.2, 0.25) is 11.8 Å². The molecule has 1 heterocycles. The van der Waals surface area contributed by atoms with Crippen LogP contribution in [0.2, 0.25) is 0 Å². The summed E-state index contributed by atoms with van der Waals surface area (Å²) in [5.74, 6) is -0.210. The third-order valence-electron chi connectivity index (χ3n) is 4.34. The van der Waals surface area contributed by atoms with Gasteiger partial charge >= 0.3 is 0 Å². The molecule has 3 atom stereocenters. The Balaban J connectivity index is 1.56. The van der Waals surface area contributed by atoms with E-state index < -0.39 is 6.04 Å². The minimum Gasteiger partial charge on any atom is -0.350 e. The number of halogens is 1. The second-order valence-corrected chi connectivity index (χ2v) is 6.90. The largest absolute Gasteiger partial charge is 0.350 e. The minimum absolute atomic E-state index is 0.0610. The number of fused-ring (bicyclic) bond motifs is 1. The summed E-state index contributed by atoms with van der Waals surface area (Å²) in [5.41, 5.74) is 0.736. The van der Waals surface area contributed by atoms with E-state index in [4.69, 9.17) is 0 Å². The van der Waals surface area contributed by atoms with Gasteiger partial charge in [0.05, 0.1) is 12.5 Å². The van der Waals surface area contributed by atoms with Gasteiger partial charge in [0, 0.05) is 22.2 Å². The molecular formula is C16H20BrN3O2. The first-order chi connectivity index (χ1) is 10.6. The van der Waals surface area contributed by atoms with E-state index in [1.54, 1.807) is 0 Å². The first kappa shape index (κ1) is 15.5. The zero-order chi connectivity index (χ0) is 15.5. The van der Waals surface area contributed by atoms with Crippen molar-refractivity contribution < 1.29 is 9.59 Å². The summed E-state index contributed by atoms with van der Waals surface area (Å²) in [6, 6.07) is 7.49. The predicted octanol–water partition coefficient (Wildman–Crippen LogP) is 2.18. The normalized spacial score (nSPS) is 27.7. The van der Waals surface area contributed by atoms with E-state index in [1.807, 2.05) is 24.3 Å². The lowest BCUT2D eigenvalue weighted by Gasteiger charge is -2.40. The van der Waals surface area contributed by atoms with E-state index in [9.17, 15) is 9.59 Å². The highest BCUT2D eigenvalue weighted by Gasteiger charge is 2.36. The Morgan fingerprint density at radius 3 is 2.59 bits per heavy atom. The summed E-state index contributed by atoms with van der Waals surface area (Å²) in [4.78, 5) is 24.3. The summed E-state index contributed by atoms with van der Waals surface area (Å²) in [6.45, 7) is 0. The molecule has 1 aromatic carbocycles. The number of amides is 2. The SMILES string of the molecule is O=C(C[C@H]1N[C@H]2CCCC[C@H]2NC1=O)Nc1ccc(Br)cc1. The average molecular weight is 366 g/mol. The maximum atomic E-state index is 12.1. The lowest BCUT2D eigenvalue weighted by atomic mass is 9.87. The van der Waals surface area contributed by atoms with Gasteiger partial charge < -0.3 is 16.0 Å². The number of benzene rings is 1. The molecule has 3 rings (SSSR count). The number of anilines is 1. The molecule has 1 saturated carbocycles. The van der Waals surface area contributed by atoms with Crippen LogP contribution in [-0.4, -0.2) is 29.9 Å². The fraction of sp³-hybridized carbons (Fsp3) is 0.500. The topological polar surface area (TPSA) is 70.2 Å². The van der Waals surface area contributed by atoms with Crippen LogP contribution in [0.25, 0.3) is 0 Å². The molecule has 1 aliphatic carbocycles.